The van der Waals surface area contributed by atoms with E-state index in [0.717, 1.165) is 24.6 Å². The average Bonchev–Trinajstić information content (AvgIpc) is 3.34. The molecule has 1 N–H and O–H groups in total. The molecule has 9 heteroatoms. The maximum Gasteiger partial charge on any atom is 0.341 e. The van der Waals surface area contributed by atoms with E-state index in [0.29, 0.717) is 25.2 Å². The molecule has 0 aromatic carbocycles. The highest BCUT2D eigenvalue weighted by Crippen LogP contribution is 2.37. The fourth-order valence-electron chi connectivity index (χ4n) is 3.27. The van der Waals surface area contributed by atoms with Crippen LogP contribution in [0.25, 0.3) is 11.0 Å². The predicted molar refractivity (Wildman–Crippen MR) is 92.5 cm³/mol. The lowest BCUT2D eigenvalue weighted by Crippen LogP contribution is -2.24. The number of nitrogens with zero attached hydrogens (tertiary/aromatic N) is 4. The Morgan fingerprint density at radius 1 is 1.46 bits per heavy atom. The number of carboxylic acids is 1. The Kier molecular flexibility index (Phi) is 3.86. The van der Waals surface area contributed by atoms with Crippen molar-refractivity contribution in [1.29, 1.82) is 0 Å². The van der Waals surface area contributed by atoms with Crippen LogP contribution in [0.5, 0.6) is 0 Å². The summed E-state index contributed by atoms with van der Waals surface area (Å²) in [5.41, 5.74) is 0.0186. The van der Waals surface area contributed by atoms with Gasteiger partial charge in [-0.1, -0.05) is 5.16 Å². The topological polar surface area (TPSA) is 97.0 Å². The number of anilines is 1. The van der Waals surface area contributed by atoms with Gasteiger partial charge >= 0.3 is 5.97 Å². The maximum atomic E-state index is 14.7. The molecule has 0 spiro atoms. The third kappa shape index (κ3) is 2.69. The highest BCUT2D eigenvalue weighted by molar-refractivity contribution is 5.93. The van der Waals surface area contributed by atoms with Gasteiger partial charge in [0.15, 0.2) is 11.6 Å². The molecule has 1 aliphatic heterocycles. The van der Waals surface area contributed by atoms with Crippen LogP contribution in [0.2, 0.25) is 0 Å². The van der Waals surface area contributed by atoms with Crippen molar-refractivity contribution >= 4 is 28.5 Å². The molecule has 26 heavy (non-hydrogen) atoms. The van der Waals surface area contributed by atoms with Gasteiger partial charge in [0.2, 0.25) is 5.43 Å². The average molecular weight is 360 g/mol. The van der Waals surface area contributed by atoms with Crippen molar-refractivity contribution in [2.24, 2.45) is 5.16 Å². The molecule has 2 aromatic heterocycles. The Balaban J connectivity index is 1.88. The minimum atomic E-state index is -1.32. The number of oxime groups is 1. The van der Waals surface area contributed by atoms with Gasteiger partial charge in [0.05, 0.1) is 17.6 Å². The highest BCUT2D eigenvalue weighted by Gasteiger charge is 2.29. The molecule has 1 saturated carbocycles. The third-order valence-electron chi connectivity index (χ3n) is 4.67. The van der Waals surface area contributed by atoms with E-state index in [4.69, 9.17) is 4.84 Å². The number of aromatic carboxylic acids is 1. The van der Waals surface area contributed by atoms with E-state index in [1.165, 1.54) is 13.3 Å². The van der Waals surface area contributed by atoms with Crippen molar-refractivity contribution in [2.45, 2.75) is 25.3 Å². The zero-order valence-electron chi connectivity index (χ0n) is 14.1. The summed E-state index contributed by atoms with van der Waals surface area (Å²) in [6, 6.07) is 1.18. The number of aromatic nitrogens is 2. The minimum absolute atomic E-state index is 0.0111. The van der Waals surface area contributed by atoms with Crippen LogP contribution in [0.15, 0.2) is 22.2 Å². The zero-order valence-corrected chi connectivity index (χ0v) is 14.1. The molecule has 0 radical (unpaired) electrons. The van der Waals surface area contributed by atoms with Crippen LogP contribution < -0.4 is 10.3 Å². The van der Waals surface area contributed by atoms with Gasteiger partial charge in [0.25, 0.3) is 0 Å². The molecule has 3 heterocycles. The Morgan fingerprint density at radius 3 is 2.88 bits per heavy atom. The molecule has 1 aliphatic carbocycles. The van der Waals surface area contributed by atoms with Gasteiger partial charge < -0.3 is 19.4 Å². The largest absolute Gasteiger partial charge is 0.477 e. The van der Waals surface area contributed by atoms with E-state index in [2.05, 4.69) is 10.1 Å². The lowest BCUT2D eigenvalue weighted by molar-refractivity contribution is 0.0695. The Hall–Kier alpha value is -2.97. The van der Waals surface area contributed by atoms with Gasteiger partial charge in [-0.2, -0.15) is 0 Å². The first-order valence-electron chi connectivity index (χ1n) is 8.32. The molecule has 136 valence electrons. The summed E-state index contributed by atoms with van der Waals surface area (Å²) in [5.74, 6) is -1.84. The van der Waals surface area contributed by atoms with Crippen molar-refractivity contribution in [3.8, 4) is 0 Å². The monoisotopic (exact) mass is 360 g/mol. The van der Waals surface area contributed by atoms with Crippen LogP contribution in [0.3, 0.4) is 0 Å². The normalized spacial score (nSPS) is 18.7. The van der Waals surface area contributed by atoms with Crippen LogP contribution >= 0.6 is 0 Å². The van der Waals surface area contributed by atoms with Crippen molar-refractivity contribution in [2.75, 3.05) is 25.1 Å². The predicted octanol–water partition coefficient (Wildman–Crippen LogP) is 1.78. The molecule has 2 aliphatic rings. The quantitative estimate of drug-likeness (QED) is 0.835. The number of hydrogen-bond donors (Lipinski definition) is 1. The second-order valence-corrected chi connectivity index (χ2v) is 6.49. The molecular formula is C17H17FN4O4. The summed E-state index contributed by atoms with van der Waals surface area (Å²) in [6.07, 6.45) is 3.71. The number of pyridine rings is 2. The summed E-state index contributed by atoms with van der Waals surface area (Å²) in [7, 11) is 1.46. The van der Waals surface area contributed by atoms with Crippen LogP contribution in [0.1, 0.15) is 35.7 Å². The Bertz CT molecular complexity index is 996. The SMILES string of the molecule is CO/N=C1\CCN(c2nc3c(cc2F)c(=O)c(C(=O)O)cn3C2CC2)C1. The molecule has 0 bridgehead atoms. The van der Waals surface area contributed by atoms with Crippen molar-refractivity contribution < 1.29 is 19.1 Å². The summed E-state index contributed by atoms with van der Waals surface area (Å²) >= 11 is 0. The van der Waals surface area contributed by atoms with Crippen molar-refractivity contribution in [1.82, 2.24) is 9.55 Å². The van der Waals surface area contributed by atoms with E-state index < -0.39 is 17.2 Å². The second kappa shape index (κ2) is 6.08. The molecule has 4 rings (SSSR count). The van der Waals surface area contributed by atoms with E-state index in [-0.39, 0.29) is 22.8 Å². The van der Waals surface area contributed by atoms with Crippen LogP contribution in [0, 0.1) is 5.82 Å². The van der Waals surface area contributed by atoms with E-state index >= 15 is 0 Å². The summed E-state index contributed by atoms with van der Waals surface area (Å²) in [6.45, 7) is 0.933. The van der Waals surface area contributed by atoms with Crippen LogP contribution in [-0.2, 0) is 4.84 Å². The zero-order chi connectivity index (χ0) is 18.4. The first-order valence-corrected chi connectivity index (χ1v) is 8.32. The fourth-order valence-corrected chi connectivity index (χ4v) is 3.27. The number of halogens is 1. The van der Waals surface area contributed by atoms with Gasteiger partial charge in [0, 0.05) is 25.2 Å². The third-order valence-corrected chi connectivity index (χ3v) is 4.67. The Labute approximate surface area is 147 Å². The highest BCUT2D eigenvalue weighted by atomic mass is 19.1. The maximum absolute atomic E-state index is 14.7. The molecule has 0 amide bonds. The molecular weight excluding hydrogens is 343 g/mol. The van der Waals surface area contributed by atoms with E-state index in [1.807, 2.05) is 0 Å². The smallest absolute Gasteiger partial charge is 0.341 e. The second-order valence-electron chi connectivity index (χ2n) is 6.49. The minimum Gasteiger partial charge on any atom is -0.477 e. The van der Waals surface area contributed by atoms with E-state index in [9.17, 15) is 19.1 Å². The summed E-state index contributed by atoms with van der Waals surface area (Å²) in [4.78, 5) is 34.7. The lowest BCUT2D eigenvalue weighted by Gasteiger charge is -2.18. The number of hydrogen-bond acceptors (Lipinski definition) is 6. The molecule has 2 fully saturated rings. The first kappa shape index (κ1) is 16.5. The van der Waals surface area contributed by atoms with Crippen LogP contribution in [0.4, 0.5) is 10.2 Å². The van der Waals surface area contributed by atoms with Gasteiger partial charge in [-0.3, -0.25) is 4.79 Å². The van der Waals surface area contributed by atoms with Crippen molar-refractivity contribution in [3.63, 3.8) is 0 Å². The van der Waals surface area contributed by atoms with Crippen LogP contribution in [-0.4, -0.2) is 46.5 Å². The van der Waals surface area contributed by atoms with E-state index in [1.54, 1.807) is 9.47 Å². The molecule has 2 aromatic rings. The van der Waals surface area contributed by atoms with Gasteiger partial charge in [-0.25, -0.2) is 14.2 Å². The number of fused-ring (bicyclic) bond motifs is 1. The van der Waals surface area contributed by atoms with Gasteiger partial charge in [-0.15, -0.1) is 0 Å². The van der Waals surface area contributed by atoms with Gasteiger partial charge in [0.1, 0.15) is 18.3 Å². The van der Waals surface area contributed by atoms with Gasteiger partial charge in [-0.05, 0) is 18.9 Å². The molecule has 0 unspecified atom stereocenters. The molecule has 0 atom stereocenters. The number of carboxylic acid groups (broad SMARTS) is 1. The number of rotatable bonds is 4. The summed E-state index contributed by atoms with van der Waals surface area (Å²) in [5, 5.41) is 13.2. The molecule has 1 saturated heterocycles. The lowest BCUT2D eigenvalue weighted by atomic mass is 10.2. The molecule has 8 nitrogen and oxygen atoms in total. The van der Waals surface area contributed by atoms with Crippen molar-refractivity contribution in [3.05, 3.63) is 33.9 Å². The fraction of sp³-hybridized carbons (Fsp3) is 0.412. The summed E-state index contributed by atoms with van der Waals surface area (Å²) < 4.78 is 16.4. The number of carbonyl (C=O) groups is 1. The first-order chi connectivity index (χ1) is 12.5. The Morgan fingerprint density at radius 2 is 2.23 bits per heavy atom. The standard InChI is InChI=1S/C17H17FN4O4/c1-26-20-9-4-5-21(7-9)16-13(18)6-11-14(23)12(17(24)25)8-22(10-2-3-10)15(11)19-16/h6,8,10H,2-5,7H2,1H3,(H,24,25)/b20-9+.